The van der Waals surface area contributed by atoms with Gasteiger partial charge in [-0.25, -0.2) is 4.39 Å². The summed E-state index contributed by atoms with van der Waals surface area (Å²) in [5, 5.41) is 2.44. The maximum atomic E-state index is 14.0. The number of thioether (sulfide) groups is 1. The molecule has 4 rings (SSSR count). The molecule has 1 aliphatic heterocycles. The molecule has 0 aromatic heterocycles. The van der Waals surface area contributed by atoms with Crippen LogP contribution in [0.1, 0.15) is 23.6 Å². The third kappa shape index (κ3) is 6.13. The van der Waals surface area contributed by atoms with Crippen molar-refractivity contribution in [1.82, 2.24) is 4.90 Å². The van der Waals surface area contributed by atoms with Crippen molar-refractivity contribution >= 4 is 52.2 Å². The first kappa shape index (κ1) is 25.5. The normalized spacial score (nSPS) is 14.4. The zero-order chi connectivity index (χ0) is 25.7. The molecule has 184 valence electrons. The number of imide groups is 1. The molecule has 9 heteroatoms. The minimum absolute atomic E-state index is 0.0677. The van der Waals surface area contributed by atoms with Gasteiger partial charge >= 0.3 is 0 Å². The number of anilines is 1. The van der Waals surface area contributed by atoms with Crippen molar-refractivity contribution in [2.75, 3.05) is 11.9 Å². The Labute approximate surface area is 217 Å². The number of hydrogen-bond acceptors (Lipinski definition) is 5. The Kier molecular flexibility index (Phi) is 8.07. The standard InChI is InChI=1S/C27H22ClFN2O4S/c1-2-17-9-11-19(12-10-17)30-25(32)15-31-26(33)24(36-27(31)34)14-18-5-3-6-20(13-18)35-16-21-22(28)7-4-8-23(21)29/h3-14H,2,15-16H2,1H3,(H,30,32)/b24-14+. The van der Waals surface area contributed by atoms with Crippen LogP contribution in [-0.2, 0) is 22.6 Å². The van der Waals surface area contributed by atoms with Crippen molar-refractivity contribution < 1.29 is 23.5 Å². The quantitative estimate of drug-likeness (QED) is 0.350. The predicted molar refractivity (Wildman–Crippen MR) is 139 cm³/mol. The van der Waals surface area contributed by atoms with Gasteiger partial charge in [0.05, 0.1) is 9.93 Å². The van der Waals surface area contributed by atoms with E-state index >= 15 is 0 Å². The number of nitrogens with zero attached hydrogens (tertiary/aromatic N) is 1. The predicted octanol–water partition coefficient (Wildman–Crippen LogP) is 6.30. The lowest BCUT2D eigenvalue weighted by Crippen LogP contribution is -2.36. The molecule has 6 nitrogen and oxygen atoms in total. The molecule has 1 heterocycles. The molecule has 3 amide bonds. The van der Waals surface area contributed by atoms with Crippen LogP contribution in [0.3, 0.4) is 0 Å². The van der Waals surface area contributed by atoms with E-state index in [2.05, 4.69) is 5.32 Å². The van der Waals surface area contributed by atoms with Crippen molar-refractivity contribution in [3.63, 3.8) is 0 Å². The largest absolute Gasteiger partial charge is 0.489 e. The molecule has 0 radical (unpaired) electrons. The number of rotatable bonds is 8. The first-order valence-electron chi connectivity index (χ1n) is 11.1. The molecule has 3 aromatic carbocycles. The van der Waals surface area contributed by atoms with Gasteiger partial charge in [0.25, 0.3) is 11.1 Å². The van der Waals surface area contributed by atoms with Crippen molar-refractivity contribution in [2.24, 2.45) is 0 Å². The highest BCUT2D eigenvalue weighted by atomic mass is 35.5. The molecule has 3 aromatic rings. The minimum atomic E-state index is -0.550. The molecule has 1 N–H and O–H groups in total. The highest BCUT2D eigenvalue weighted by Crippen LogP contribution is 2.32. The topological polar surface area (TPSA) is 75.7 Å². The van der Waals surface area contributed by atoms with E-state index < -0.39 is 22.9 Å². The summed E-state index contributed by atoms with van der Waals surface area (Å²) in [6.07, 6.45) is 2.43. The number of benzene rings is 3. The number of halogens is 2. The van der Waals surface area contributed by atoms with Gasteiger partial charge in [0, 0.05) is 11.3 Å². The van der Waals surface area contributed by atoms with Crippen LogP contribution in [0.25, 0.3) is 6.08 Å². The van der Waals surface area contributed by atoms with E-state index in [4.69, 9.17) is 16.3 Å². The smallest absolute Gasteiger partial charge is 0.294 e. The van der Waals surface area contributed by atoms with E-state index in [9.17, 15) is 18.8 Å². The third-order valence-electron chi connectivity index (χ3n) is 5.42. The lowest BCUT2D eigenvalue weighted by Gasteiger charge is -2.12. The van der Waals surface area contributed by atoms with Gasteiger partial charge in [-0.15, -0.1) is 0 Å². The van der Waals surface area contributed by atoms with Crippen molar-refractivity contribution in [1.29, 1.82) is 0 Å². The lowest BCUT2D eigenvalue weighted by atomic mass is 10.1. The van der Waals surface area contributed by atoms with Crippen molar-refractivity contribution in [2.45, 2.75) is 20.0 Å². The molecule has 1 saturated heterocycles. The van der Waals surface area contributed by atoms with Crippen LogP contribution >= 0.6 is 23.4 Å². The Balaban J connectivity index is 1.40. The van der Waals surface area contributed by atoms with E-state index in [0.29, 0.717) is 17.0 Å². The summed E-state index contributed by atoms with van der Waals surface area (Å²) < 4.78 is 19.7. The first-order chi connectivity index (χ1) is 17.3. The van der Waals surface area contributed by atoms with Crippen LogP contribution < -0.4 is 10.1 Å². The molecular formula is C27H22ClFN2O4S. The first-order valence-corrected chi connectivity index (χ1v) is 12.3. The maximum absolute atomic E-state index is 14.0. The Morgan fingerprint density at radius 3 is 2.58 bits per heavy atom. The van der Waals surface area contributed by atoms with Crippen molar-refractivity contribution in [3.8, 4) is 5.75 Å². The van der Waals surface area contributed by atoms with Crippen molar-refractivity contribution in [3.05, 3.63) is 99.2 Å². The number of carbonyl (C=O) groups is 3. The third-order valence-corrected chi connectivity index (χ3v) is 6.68. The minimum Gasteiger partial charge on any atom is -0.489 e. The van der Waals surface area contributed by atoms with Crippen LogP contribution in [0.5, 0.6) is 5.75 Å². The Bertz CT molecular complexity index is 1320. The number of ether oxygens (including phenoxy) is 1. The van der Waals surface area contributed by atoms with Gasteiger partial charge in [-0.05, 0) is 71.8 Å². The Morgan fingerprint density at radius 1 is 1.11 bits per heavy atom. The molecule has 1 aliphatic rings. The summed E-state index contributed by atoms with van der Waals surface area (Å²) in [5.41, 5.74) is 2.58. The Morgan fingerprint density at radius 2 is 1.86 bits per heavy atom. The molecule has 0 bridgehead atoms. The molecule has 0 saturated carbocycles. The SMILES string of the molecule is CCc1ccc(NC(=O)CN2C(=O)S/C(=C/c3cccc(OCc4c(F)cccc4Cl)c3)C2=O)cc1. The van der Waals surface area contributed by atoms with Gasteiger partial charge < -0.3 is 10.1 Å². The summed E-state index contributed by atoms with van der Waals surface area (Å²) in [5.74, 6) is -1.04. The summed E-state index contributed by atoms with van der Waals surface area (Å²) in [6.45, 7) is 1.58. The van der Waals surface area contributed by atoms with Crippen LogP contribution in [0.15, 0.2) is 71.6 Å². The average molecular weight is 525 g/mol. The van der Waals surface area contributed by atoms with Crippen LogP contribution in [0, 0.1) is 5.82 Å². The zero-order valence-electron chi connectivity index (χ0n) is 19.3. The van der Waals surface area contributed by atoms with Gasteiger partial charge in [-0.1, -0.05) is 48.9 Å². The van der Waals surface area contributed by atoms with E-state index in [1.165, 1.54) is 12.1 Å². The summed E-state index contributed by atoms with van der Waals surface area (Å²) in [7, 11) is 0. The summed E-state index contributed by atoms with van der Waals surface area (Å²) in [4.78, 5) is 38.8. The number of amides is 3. The van der Waals surface area contributed by atoms with Gasteiger partial charge in [0.15, 0.2) is 0 Å². The number of nitrogens with one attached hydrogen (secondary N) is 1. The molecule has 0 aliphatic carbocycles. The fraction of sp³-hybridized carbons (Fsp3) is 0.148. The fourth-order valence-electron chi connectivity index (χ4n) is 3.48. The highest BCUT2D eigenvalue weighted by molar-refractivity contribution is 8.18. The second-order valence-electron chi connectivity index (χ2n) is 7.93. The maximum Gasteiger partial charge on any atom is 0.294 e. The van der Waals surface area contributed by atoms with Crippen LogP contribution in [0.4, 0.5) is 14.9 Å². The van der Waals surface area contributed by atoms with E-state index in [1.807, 2.05) is 19.1 Å². The molecule has 36 heavy (non-hydrogen) atoms. The summed E-state index contributed by atoms with van der Waals surface area (Å²) in [6, 6.07) is 18.6. The molecule has 0 unspecified atom stereocenters. The lowest BCUT2D eigenvalue weighted by molar-refractivity contribution is -0.127. The molecule has 0 atom stereocenters. The summed E-state index contributed by atoms with van der Waals surface area (Å²) >= 11 is 6.80. The number of aryl methyl sites for hydroxylation is 1. The highest BCUT2D eigenvalue weighted by Gasteiger charge is 2.36. The number of hydrogen-bond donors (Lipinski definition) is 1. The zero-order valence-corrected chi connectivity index (χ0v) is 20.9. The van der Waals surface area contributed by atoms with E-state index in [-0.39, 0.29) is 28.6 Å². The molecular weight excluding hydrogens is 503 g/mol. The molecule has 1 fully saturated rings. The second kappa shape index (κ2) is 11.4. The van der Waals surface area contributed by atoms with Crippen LogP contribution in [-0.4, -0.2) is 28.5 Å². The van der Waals surface area contributed by atoms with E-state index in [0.717, 1.165) is 28.6 Å². The van der Waals surface area contributed by atoms with E-state index in [1.54, 1.807) is 48.5 Å². The number of carbonyl (C=O) groups excluding carboxylic acids is 3. The molecule has 0 spiro atoms. The van der Waals surface area contributed by atoms with Gasteiger partial charge in [0.2, 0.25) is 5.91 Å². The Hall–Kier alpha value is -3.62. The van der Waals surface area contributed by atoms with Gasteiger partial charge in [-0.3, -0.25) is 19.3 Å². The monoisotopic (exact) mass is 524 g/mol. The fourth-order valence-corrected chi connectivity index (χ4v) is 4.53. The van der Waals surface area contributed by atoms with Crippen LogP contribution in [0.2, 0.25) is 5.02 Å². The average Bonchev–Trinajstić information content (AvgIpc) is 3.11. The van der Waals surface area contributed by atoms with Gasteiger partial charge in [0.1, 0.15) is 24.7 Å². The van der Waals surface area contributed by atoms with Gasteiger partial charge in [-0.2, -0.15) is 0 Å². The second-order valence-corrected chi connectivity index (χ2v) is 9.33.